The van der Waals surface area contributed by atoms with Crippen molar-refractivity contribution >= 4 is 5.97 Å². The van der Waals surface area contributed by atoms with E-state index in [1.54, 1.807) is 0 Å². The van der Waals surface area contributed by atoms with Gasteiger partial charge in [-0.05, 0) is 40.4 Å². The van der Waals surface area contributed by atoms with Gasteiger partial charge in [0.05, 0.1) is 7.11 Å². The van der Waals surface area contributed by atoms with E-state index in [1.807, 2.05) is 0 Å². The number of carbonyl (C=O) groups excluding carboxylic acids is 1. The quantitative estimate of drug-likeness (QED) is 0.626. The minimum atomic E-state index is -0.155. The number of hydrogen-bond donors (Lipinski definition) is 1. The van der Waals surface area contributed by atoms with Crippen molar-refractivity contribution in [2.24, 2.45) is 0 Å². The Morgan fingerprint density at radius 3 is 2.47 bits per heavy atom. The molecule has 4 heteroatoms. The molecule has 0 heterocycles. The number of hydrogen-bond acceptors (Lipinski definition) is 4. The molecule has 0 bridgehead atoms. The third kappa shape index (κ3) is 8.16. The molecule has 0 spiro atoms. The minimum absolute atomic E-state index is 0.143. The first-order valence-electron chi connectivity index (χ1n) is 6.49. The van der Waals surface area contributed by atoms with Crippen LogP contribution in [0, 0.1) is 0 Å². The number of nitrogens with zero attached hydrogens (tertiary/aromatic N) is 1. The van der Waals surface area contributed by atoms with Crippen LogP contribution in [0.5, 0.6) is 0 Å². The molecule has 0 rings (SSSR count). The van der Waals surface area contributed by atoms with Gasteiger partial charge in [-0.1, -0.05) is 19.8 Å². The lowest BCUT2D eigenvalue weighted by Crippen LogP contribution is -2.43. The maximum Gasteiger partial charge on any atom is 0.322 e. The predicted molar refractivity (Wildman–Crippen MR) is 71.1 cm³/mol. The minimum Gasteiger partial charge on any atom is -0.468 e. The fraction of sp³-hybridized carbons (Fsp3) is 0.923. The van der Waals surface area contributed by atoms with Crippen molar-refractivity contribution in [3.63, 3.8) is 0 Å². The lowest BCUT2D eigenvalue weighted by atomic mass is 10.1. The maximum atomic E-state index is 11.6. The van der Waals surface area contributed by atoms with Crippen molar-refractivity contribution in [1.82, 2.24) is 10.2 Å². The van der Waals surface area contributed by atoms with Crippen LogP contribution in [-0.4, -0.2) is 50.7 Å². The first-order valence-corrected chi connectivity index (χ1v) is 6.49. The van der Waals surface area contributed by atoms with E-state index in [0.717, 1.165) is 32.2 Å². The molecule has 0 amide bonds. The highest BCUT2D eigenvalue weighted by atomic mass is 16.5. The molecule has 0 aromatic rings. The number of ether oxygens (including phenoxy) is 1. The highest BCUT2D eigenvalue weighted by molar-refractivity contribution is 5.75. The zero-order valence-electron chi connectivity index (χ0n) is 12.0. The second kappa shape index (κ2) is 9.42. The molecule has 0 radical (unpaired) electrons. The molecule has 0 saturated carbocycles. The van der Waals surface area contributed by atoms with Crippen LogP contribution in [-0.2, 0) is 9.53 Å². The number of esters is 1. The lowest BCUT2D eigenvalue weighted by molar-refractivity contribution is -0.143. The van der Waals surface area contributed by atoms with Gasteiger partial charge in [-0.3, -0.25) is 4.79 Å². The summed E-state index contributed by atoms with van der Waals surface area (Å²) in [6.45, 7) is 5.27. The summed E-state index contributed by atoms with van der Waals surface area (Å²) in [4.78, 5) is 13.7. The number of unbranched alkanes of at least 4 members (excludes halogenated alkanes) is 1. The highest BCUT2D eigenvalue weighted by Gasteiger charge is 2.20. The zero-order chi connectivity index (χ0) is 13.3. The van der Waals surface area contributed by atoms with Gasteiger partial charge in [0.1, 0.15) is 6.04 Å². The second-order valence-electron chi connectivity index (χ2n) is 4.88. The van der Waals surface area contributed by atoms with Crippen LogP contribution < -0.4 is 5.32 Å². The molecule has 2 unspecified atom stereocenters. The second-order valence-corrected chi connectivity index (χ2v) is 4.88. The Balaban J connectivity index is 4.07. The van der Waals surface area contributed by atoms with Crippen molar-refractivity contribution in [2.75, 3.05) is 27.7 Å². The van der Waals surface area contributed by atoms with Crippen LogP contribution >= 0.6 is 0 Å². The maximum absolute atomic E-state index is 11.6. The standard InChI is InChI=1S/C13H28N2O2/c1-6-7-8-12(13(16)17-5)14-11(2)9-10-15(3)4/h11-12,14H,6-10H2,1-5H3. The molecule has 2 atom stereocenters. The third-order valence-corrected chi connectivity index (χ3v) is 2.83. The molecule has 0 fully saturated rings. The molecule has 0 aromatic heterocycles. The van der Waals surface area contributed by atoms with Crippen LogP contribution in [0.15, 0.2) is 0 Å². The Morgan fingerprint density at radius 2 is 2.00 bits per heavy atom. The SMILES string of the molecule is CCCCC(NC(C)CCN(C)C)C(=O)OC. The van der Waals surface area contributed by atoms with E-state index in [9.17, 15) is 4.79 Å². The molecule has 17 heavy (non-hydrogen) atoms. The van der Waals surface area contributed by atoms with Crippen LogP contribution in [0.25, 0.3) is 0 Å². The predicted octanol–water partition coefficient (Wildman–Crippen LogP) is 1.65. The van der Waals surface area contributed by atoms with Crippen molar-refractivity contribution < 1.29 is 9.53 Å². The van der Waals surface area contributed by atoms with Crippen molar-refractivity contribution in [1.29, 1.82) is 0 Å². The molecular weight excluding hydrogens is 216 g/mol. The number of rotatable bonds is 9. The van der Waals surface area contributed by atoms with Gasteiger partial charge >= 0.3 is 5.97 Å². The van der Waals surface area contributed by atoms with E-state index >= 15 is 0 Å². The normalized spacial score (nSPS) is 14.7. The molecule has 4 nitrogen and oxygen atoms in total. The third-order valence-electron chi connectivity index (χ3n) is 2.83. The Labute approximate surface area is 106 Å². The van der Waals surface area contributed by atoms with Gasteiger partial charge in [-0.2, -0.15) is 0 Å². The van der Waals surface area contributed by atoms with Gasteiger partial charge in [0.2, 0.25) is 0 Å². The number of methoxy groups -OCH3 is 1. The van der Waals surface area contributed by atoms with Crippen molar-refractivity contribution in [2.45, 2.75) is 51.6 Å². The van der Waals surface area contributed by atoms with E-state index in [4.69, 9.17) is 4.74 Å². The Hall–Kier alpha value is -0.610. The Kier molecular flexibility index (Phi) is 9.09. The molecule has 0 aliphatic carbocycles. The van der Waals surface area contributed by atoms with Gasteiger partial charge in [-0.25, -0.2) is 0 Å². The van der Waals surface area contributed by atoms with Crippen molar-refractivity contribution in [3.05, 3.63) is 0 Å². The molecular formula is C13H28N2O2. The first-order chi connectivity index (χ1) is 8.01. The molecule has 0 aromatic carbocycles. The number of carbonyl (C=O) groups is 1. The topological polar surface area (TPSA) is 41.6 Å². The van der Waals surface area contributed by atoms with Crippen LogP contribution in [0.2, 0.25) is 0 Å². The summed E-state index contributed by atoms with van der Waals surface area (Å²) >= 11 is 0. The summed E-state index contributed by atoms with van der Waals surface area (Å²) in [7, 11) is 5.57. The summed E-state index contributed by atoms with van der Waals surface area (Å²) in [6.07, 6.45) is 4.04. The first kappa shape index (κ1) is 16.4. The van der Waals surface area contributed by atoms with Crippen molar-refractivity contribution in [3.8, 4) is 0 Å². The van der Waals surface area contributed by atoms with Gasteiger partial charge in [-0.15, -0.1) is 0 Å². The monoisotopic (exact) mass is 244 g/mol. The largest absolute Gasteiger partial charge is 0.468 e. The molecule has 1 N–H and O–H groups in total. The molecule has 0 aliphatic heterocycles. The summed E-state index contributed by atoms with van der Waals surface area (Å²) in [5.41, 5.74) is 0. The summed E-state index contributed by atoms with van der Waals surface area (Å²) in [5.74, 6) is -0.143. The average molecular weight is 244 g/mol. The van der Waals surface area contributed by atoms with E-state index in [-0.39, 0.29) is 12.0 Å². The van der Waals surface area contributed by atoms with Gasteiger partial charge < -0.3 is 15.0 Å². The Bertz CT molecular complexity index is 208. The van der Waals surface area contributed by atoms with E-state index in [2.05, 4.69) is 38.2 Å². The van der Waals surface area contributed by atoms with E-state index in [1.165, 1.54) is 7.11 Å². The smallest absolute Gasteiger partial charge is 0.322 e. The Morgan fingerprint density at radius 1 is 1.35 bits per heavy atom. The van der Waals surface area contributed by atoms with Gasteiger partial charge in [0, 0.05) is 6.04 Å². The molecule has 102 valence electrons. The van der Waals surface area contributed by atoms with Crippen LogP contribution in [0.3, 0.4) is 0 Å². The summed E-state index contributed by atoms with van der Waals surface area (Å²) in [5, 5.41) is 3.36. The lowest BCUT2D eigenvalue weighted by Gasteiger charge is -2.22. The van der Waals surface area contributed by atoms with E-state index < -0.39 is 0 Å². The molecule has 0 aliphatic rings. The van der Waals surface area contributed by atoms with Crippen LogP contribution in [0.1, 0.15) is 39.5 Å². The summed E-state index contributed by atoms with van der Waals surface area (Å²) < 4.78 is 4.82. The molecule has 0 saturated heterocycles. The van der Waals surface area contributed by atoms with E-state index in [0.29, 0.717) is 6.04 Å². The van der Waals surface area contributed by atoms with Gasteiger partial charge in [0.25, 0.3) is 0 Å². The fourth-order valence-corrected chi connectivity index (χ4v) is 1.70. The highest BCUT2D eigenvalue weighted by Crippen LogP contribution is 2.05. The van der Waals surface area contributed by atoms with Gasteiger partial charge in [0.15, 0.2) is 0 Å². The average Bonchev–Trinajstić information content (AvgIpc) is 2.30. The zero-order valence-corrected chi connectivity index (χ0v) is 12.0. The van der Waals surface area contributed by atoms with Crippen LogP contribution in [0.4, 0.5) is 0 Å². The summed E-state index contributed by atoms with van der Waals surface area (Å²) in [6, 6.07) is 0.176. The number of nitrogens with one attached hydrogen (secondary N) is 1. The fourth-order valence-electron chi connectivity index (χ4n) is 1.70.